The Morgan fingerprint density at radius 2 is 1.93 bits per heavy atom. The highest BCUT2D eigenvalue weighted by Gasteiger charge is 2.22. The number of fused-ring (bicyclic) bond motifs is 1. The Balaban J connectivity index is 2.62. The second-order valence-electron chi connectivity index (χ2n) is 3.25. The average molecular weight is 233 g/mol. The van der Waals surface area contributed by atoms with E-state index >= 15 is 0 Å². The summed E-state index contributed by atoms with van der Waals surface area (Å²) in [6, 6.07) is 0. The van der Waals surface area contributed by atoms with Crippen LogP contribution in [0, 0.1) is 0 Å². The van der Waals surface area contributed by atoms with Crippen LogP contribution in [0.5, 0.6) is 0 Å². The molecular weight excluding hydrogens is 224 g/mol. The first kappa shape index (κ1) is 9.86. The van der Waals surface area contributed by atoms with Crippen molar-refractivity contribution in [2.24, 2.45) is 0 Å². The molecule has 0 saturated heterocycles. The zero-order chi connectivity index (χ0) is 10.2. The summed E-state index contributed by atoms with van der Waals surface area (Å²) in [7, 11) is 1.55. The molecule has 4 nitrogen and oxygen atoms in total. The quantitative estimate of drug-likeness (QED) is 0.541. The van der Waals surface area contributed by atoms with E-state index in [4.69, 9.17) is 10.7 Å². The Kier molecular flexibility index (Phi) is 2.45. The van der Waals surface area contributed by atoms with Crippen molar-refractivity contribution in [3.63, 3.8) is 0 Å². The van der Waals surface area contributed by atoms with Gasteiger partial charge in [-0.25, -0.2) is 18.4 Å². The lowest BCUT2D eigenvalue weighted by atomic mass is 9.98. The van der Waals surface area contributed by atoms with Gasteiger partial charge >= 0.3 is 0 Å². The average Bonchev–Trinajstić information content (AvgIpc) is 2.15. The molecule has 0 aliphatic heterocycles. The molecule has 0 spiro atoms. The highest BCUT2D eigenvalue weighted by atomic mass is 35.7. The van der Waals surface area contributed by atoms with Crippen molar-refractivity contribution in [3.05, 3.63) is 17.6 Å². The van der Waals surface area contributed by atoms with Crippen molar-refractivity contribution in [1.82, 2.24) is 9.97 Å². The minimum Gasteiger partial charge on any atom is -0.241 e. The predicted molar refractivity (Wildman–Crippen MR) is 51.7 cm³/mol. The van der Waals surface area contributed by atoms with Gasteiger partial charge in [-0.2, -0.15) is 0 Å². The zero-order valence-electron chi connectivity index (χ0n) is 7.40. The fourth-order valence-corrected chi connectivity index (χ4v) is 2.79. The number of aryl methyl sites for hydroxylation is 1. The van der Waals surface area contributed by atoms with Crippen LogP contribution in [0.15, 0.2) is 11.4 Å². The van der Waals surface area contributed by atoms with Gasteiger partial charge in [0.2, 0.25) is 0 Å². The van der Waals surface area contributed by atoms with Gasteiger partial charge in [-0.15, -0.1) is 0 Å². The summed E-state index contributed by atoms with van der Waals surface area (Å²) < 4.78 is 22.4. The number of hydrogen-bond donors (Lipinski definition) is 0. The Bertz CT molecular complexity index is 458. The van der Waals surface area contributed by atoms with E-state index < -0.39 is 9.05 Å². The van der Waals surface area contributed by atoms with Crippen LogP contribution in [0.25, 0.3) is 0 Å². The Hall–Kier alpha value is -0.680. The molecule has 0 fully saturated rings. The molecule has 76 valence electrons. The van der Waals surface area contributed by atoms with Crippen molar-refractivity contribution < 1.29 is 8.42 Å². The van der Waals surface area contributed by atoms with Crippen LogP contribution < -0.4 is 0 Å². The minimum atomic E-state index is -3.72. The van der Waals surface area contributed by atoms with Crippen molar-refractivity contribution in [2.75, 3.05) is 0 Å². The van der Waals surface area contributed by atoms with Crippen LogP contribution in [-0.2, 0) is 21.9 Å². The third-order valence-corrected chi connectivity index (χ3v) is 3.57. The molecule has 0 unspecified atom stereocenters. The Morgan fingerprint density at radius 1 is 1.21 bits per heavy atom. The molecule has 0 atom stereocenters. The molecule has 1 heterocycles. The molecule has 6 heteroatoms. The molecule has 0 saturated carbocycles. The maximum atomic E-state index is 11.2. The lowest BCUT2D eigenvalue weighted by molar-refractivity contribution is 0.594. The number of rotatable bonds is 1. The van der Waals surface area contributed by atoms with Crippen LogP contribution >= 0.6 is 10.7 Å². The van der Waals surface area contributed by atoms with Gasteiger partial charge in [0, 0.05) is 21.9 Å². The van der Waals surface area contributed by atoms with E-state index in [9.17, 15) is 8.42 Å². The van der Waals surface area contributed by atoms with Gasteiger partial charge in [0.25, 0.3) is 9.05 Å². The van der Waals surface area contributed by atoms with Crippen LogP contribution in [0.4, 0.5) is 0 Å². The van der Waals surface area contributed by atoms with E-state index in [1.54, 1.807) is 0 Å². The molecule has 0 N–H and O–H groups in total. The molecule has 0 amide bonds. The first-order valence-corrected chi connectivity index (χ1v) is 6.67. The standard InChI is InChI=1S/C8H9ClN2O2S/c9-14(12,13)8-6-3-1-2-4-7(6)10-5-11-8/h5H,1-4H2. The summed E-state index contributed by atoms with van der Waals surface area (Å²) >= 11 is 0. The van der Waals surface area contributed by atoms with Crippen molar-refractivity contribution >= 4 is 19.7 Å². The fourth-order valence-electron chi connectivity index (χ4n) is 1.70. The molecule has 14 heavy (non-hydrogen) atoms. The fraction of sp³-hybridized carbons (Fsp3) is 0.500. The van der Waals surface area contributed by atoms with E-state index in [-0.39, 0.29) is 5.03 Å². The molecule has 1 aliphatic carbocycles. The van der Waals surface area contributed by atoms with Crippen LogP contribution in [-0.4, -0.2) is 18.4 Å². The Labute approximate surface area is 86.8 Å². The van der Waals surface area contributed by atoms with E-state index in [2.05, 4.69) is 9.97 Å². The zero-order valence-corrected chi connectivity index (χ0v) is 8.98. The maximum absolute atomic E-state index is 11.2. The summed E-state index contributed by atoms with van der Waals surface area (Å²) in [5.41, 5.74) is 1.53. The third kappa shape index (κ3) is 1.74. The topological polar surface area (TPSA) is 59.9 Å². The maximum Gasteiger partial charge on any atom is 0.279 e. The molecule has 0 aromatic carbocycles. The van der Waals surface area contributed by atoms with E-state index in [0.29, 0.717) is 12.0 Å². The van der Waals surface area contributed by atoms with Gasteiger partial charge in [0.05, 0.1) is 0 Å². The van der Waals surface area contributed by atoms with Gasteiger partial charge in [-0.05, 0) is 25.7 Å². The highest BCUT2D eigenvalue weighted by molar-refractivity contribution is 8.13. The molecule has 1 aromatic heterocycles. The van der Waals surface area contributed by atoms with Crippen molar-refractivity contribution in [1.29, 1.82) is 0 Å². The summed E-state index contributed by atoms with van der Waals surface area (Å²) in [6.45, 7) is 0. The lowest BCUT2D eigenvalue weighted by Gasteiger charge is -2.15. The number of halogens is 1. The summed E-state index contributed by atoms with van der Waals surface area (Å²) in [5.74, 6) is 0. The van der Waals surface area contributed by atoms with Gasteiger partial charge in [-0.3, -0.25) is 0 Å². The van der Waals surface area contributed by atoms with E-state index in [0.717, 1.165) is 25.0 Å². The largest absolute Gasteiger partial charge is 0.279 e. The molecule has 0 bridgehead atoms. The first-order chi connectivity index (χ1) is 6.59. The summed E-state index contributed by atoms with van der Waals surface area (Å²) in [4.78, 5) is 7.79. The smallest absolute Gasteiger partial charge is 0.241 e. The SMILES string of the molecule is O=S(=O)(Cl)c1ncnc2c1CCCC2. The summed E-state index contributed by atoms with van der Waals surface area (Å²) in [5, 5.41) is -0.0103. The monoisotopic (exact) mass is 232 g/mol. The van der Waals surface area contributed by atoms with E-state index in [1.807, 2.05) is 0 Å². The predicted octanol–water partition coefficient (Wildman–Crippen LogP) is 1.28. The number of nitrogens with zero attached hydrogens (tertiary/aromatic N) is 2. The van der Waals surface area contributed by atoms with Crippen LogP contribution in [0.3, 0.4) is 0 Å². The van der Waals surface area contributed by atoms with Gasteiger partial charge in [0.15, 0.2) is 5.03 Å². The van der Waals surface area contributed by atoms with Crippen molar-refractivity contribution in [2.45, 2.75) is 30.7 Å². The number of hydrogen-bond acceptors (Lipinski definition) is 4. The minimum absolute atomic E-state index is 0.0103. The molecular formula is C8H9ClN2O2S. The molecule has 1 aliphatic rings. The number of aromatic nitrogens is 2. The second-order valence-corrected chi connectivity index (χ2v) is 5.73. The first-order valence-electron chi connectivity index (χ1n) is 4.36. The van der Waals surface area contributed by atoms with Gasteiger partial charge in [0.1, 0.15) is 6.33 Å². The normalized spacial score (nSPS) is 16.4. The summed E-state index contributed by atoms with van der Waals surface area (Å²) in [6.07, 6.45) is 4.81. The third-order valence-electron chi connectivity index (χ3n) is 2.32. The Morgan fingerprint density at radius 3 is 2.64 bits per heavy atom. The van der Waals surface area contributed by atoms with Gasteiger partial charge < -0.3 is 0 Å². The molecule has 0 radical (unpaired) electrons. The lowest BCUT2D eigenvalue weighted by Crippen LogP contribution is -2.11. The second kappa shape index (κ2) is 3.47. The van der Waals surface area contributed by atoms with E-state index in [1.165, 1.54) is 6.33 Å². The molecule has 2 rings (SSSR count). The highest BCUT2D eigenvalue weighted by Crippen LogP contribution is 2.25. The van der Waals surface area contributed by atoms with Crippen LogP contribution in [0.2, 0.25) is 0 Å². The van der Waals surface area contributed by atoms with Crippen molar-refractivity contribution in [3.8, 4) is 0 Å². The molecule has 1 aromatic rings. The van der Waals surface area contributed by atoms with Crippen LogP contribution in [0.1, 0.15) is 24.1 Å². The van der Waals surface area contributed by atoms with Gasteiger partial charge in [-0.1, -0.05) is 0 Å².